The summed E-state index contributed by atoms with van der Waals surface area (Å²) in [5.74, 6) is -0.128. The number of aromatic nitrogens is 2. The van der Waals surface area contributed by atoms with Gasteiger partial charge in [0.15, 0.2) is 0 Å². The number of hydrogen-bond acceptors (Lipinski definition) is 3. The van der Waals surface area contributed by atoms with E-state index in [2.05, 4.69) is 15.5 Å². The van der Waals surface area contributed by atoms with Crippen molar-refractivity contribution in [2.24, 2.45) is 5.73 Å². The molecule has 0 fully saturated rings. The highest BCUT2D eigenvalue weighted by atomic mass is 16.1. The summed E-state index contributed by atoms with van der Waals surface area (Å²) in [5, 5.41) is 9.18. The van der Waals surface area contributed by atoms with Gasteiger partial charge in [0, 0.05) is 11.7 Å². The van der Waals surface area contributed by atoms with Crippen LogP contribution in [0.2, 0.25) is 0 Å². The number of amides is 1. The molecule has 0 saturated heterocycles. The molecule has 0 radical (unpaired) electrons. The predicted octanol–water partition coefficient (Wildman–Crippen LogP) is 0.267. The van der Waals surface area contributed by atoms with Crippen LogP contribution in [0.15, 0.2) is 12.4 Å². The molecule has 0 aliphatic heterocycles. The molecule has 1 aromatic rings. The van der Waals surface area contributed by atoms with Gasteiger partial charge in [0.1, 0.15) is 0 Å². The van der Waals surface area contributed by atoms with Crippen molar-refractivity contribution in [3.63, 3.8) is 0 Å². The van der Waals surface area contributed by atoms with Gasteiger partial charge in [-0.1, -0.05) is 0 Å². The summed E-state index contributed by atoms with van der Waals surface area (Å²) in [4.78, 5) is 11.6. The van der Waals surface area contributed by atoms with Gasteiger partial charge in [-0.3, -0.25) is 9.89 Å². The number of H-pyrrole nitrogens is 1. The SMILES string of the molecule is CC(C)(CCN)NC(=O)c1cn[nH]c1. The number of nitrogens with zero attached hydrogens (tertiary/aromatic N) is 1. The first kappa shape index (κ1) is 10.7. The number of hydrogen-bond donors (Lipinski definition) is 3. The molecule has 0 aromatic carbocycles. The Labute approximate surface area is 83.1 Å². The average molecular weight is 196 g/mol. The lowest BCUT2D eigenvalue weighted by atomic mass is 10.0. The molecule has 0 aliphatic carbocycles. The number of aromatic amines is 1. The number of rotatable bonds is 4. The van der Waals surface area contributed by atoms with Crippen molar-refractivity contribution in [1.29, 1.82) is 0 Å². The maximum Gasteiger partial charge on any atom is 0.254 e. The summed E-state index contributed by atoms with van der Waals surface area (Å²) < 4.78 is 0. The molecule has 0 saturated carbocycles. The van der Waals surface area contributed by atoms with Crippen molar-refractivity contribution in [3.8, 4) is 0 Å². The molecular formula is C9H16N4O. The van der Waals surface area contributed by atoms with Gasteiger partial charge in [0.25, 0.3) is 5.91 Å². The minimum atomic E-state index is -0.275. The Kier molecular flexibility index (Phi) is 3.24. The zero-order valence-electron chi connectivity index (χ0n) is 8.50. The third-order valence-corrected chi connectivity index (χ3v) is 1.98. The summed E-state index contributed by atoms with van der Waals surface area (Å²) in [6.45, 7) is 4.44. The van der Waals surface area contributed by atoms with Crippen LogP contribution >= 0.6 is 0 Å². The van der Waals surface area contributed by atoms with E-state index in [0.29, 0.717) is 12.1 Å². The normalized spacial score (nSPS) is 11.4. The van der Waals surface area contributed by atoms with E-state index in [-0.39, 0.29) is 11.4 Å². The molecule has 0 atom stereocenters. The summed E-state index contributed by atoms with van der Waals surface area (Å²) in [7, 11) is 0. The van der Waals surface area contributed by atoms with Crippen LogP contribution in [-0.4, -0.2) is 28.2 Å². The van der Waals surface area contributed by atoms with E-state index < -0.39 is 0 Å². The van der Waals surface area contributed by atoms with Gasteiger partial charge in [-0.15, -0.1) is 0 Å². The van der Waals surface area contributed by atoms with Crippen LogP contribution < -0.4 is 11.1 Å². The molecule has 1 rings (SSSR count). The lowest BCUT2D eigenvalue weighted by Crippen LogP contribution is -2.44. The lowest BCUT2D eigenvalue weighted by molar-refractivity contribution is 0.0910. The third-order valence-electron chi connectivity index (χ3n) is 1.98. The van der Waals surface area contributed by atoms with Crippen molar-refractivity contribution in [3.05, 3.63) is 18.0 Å². The minimum Gasteiger partial charge on any atom is -0.347 e. The molecule has 0 unspecified atom stereocenters. The van der Waals surface area contributed by atoms with E-state index in [1.54, 1.807) is 6.20 Å². The molecule has 0 bridgehead atoms. The second kappa shape index (κ2) is 4.23. The highest BCUT2D eigenvalue weighted by Gasteiger charge is 2.20. The highest BCUT2D eigenvalue weighted by molar-refractivity contribution is 5.94. The standard InChI is InChI=1S/C9H16N4O/c1-9(2,3-4-10)13-8(14)7-5-11-12-6-7/h5-6H,3-4,10H2,1-2H3,(H,11,12)(H,13,14). The maximum absolute atomic E-state index is 11.6. The van der Waals surface area contributed by atoms with Crippen LogP contribution in [0.25, 0.3) is 0 Å². The predicted molar refractivity (Wildman–Crippen MR) is 53.8 cm³/mol. The van der Waals surface area contributed by atoms with E-state index >= 15 is 0 Å². The van der Waals surface area contributed by atoms with Gasteiger partial charge in [-0.05, 0) is 26.8 Å². The largest absolute Gasteiger partial charge is 0.347 e. The van der Waals surface area contributed by atoms with Crippen molar-refractivity contribution >= 4 is 5.91 Å². The van der Waals surface area contributed by atoms with Gasteiger partial charge < -0.3 is 11.1 Å². The zero-order chi connectivity index (χ0) is 10.6. The first-order chi connectivity index (χ1) is 6.55. The summed E-state index contributed by atoms with van der Waals surface area (Å²) in [5.41, 5.74) is 5.70. The topological polar surface area (TPSA) is 83.8 Å². The van der Waals surface area contributed by atoms with E-state index in [9.17, 15) is 4.79 Å². The summed E-state index contributed by atoms with van der Waals surface area (Å²) in [6.07, 6.45) is 3.80. The summed E-state index contributed by atoms with van der Waals surface area (Å²) >= 11 is 0. The van der Waals surface area contributed by atoms with Crippen LogP contribution in [0.3, 0.4) is 0 Å². The van der Waals surface area contributed by atoms with Crippen molar-refractivity contribution in [2.45, 2.75) is 25.8 Å². The molecule has 1 heterocycles. The smallest absolute Gasteiger partial charge is 0.254 e. The molecule has 0 spiro atoms. The molecule has 5 heteroatoms. The van der Waals surface area contributed by atoms with Gasteiger partial charge in [0.05, 0.1) is 11.8 Å². The fraction of sp³-hybridized carbons (Fsp3) is 0.556. The lowest BCUT2D eigenvalue weighted by Gasteiger charge is -2.25. The first-order valence-electron chi connectivity index (χ1n) is 4.56. The van der Waals surface area contributed by atoms with Crippen molar-refractivity contribution in [2.75, 3.05) is 6.54 Å². The monoisotopic (exact) mass is 196 g/mol. The van der Waals surface area contributed by atoms with E-state index in [1.165, 1.54) is 6.20 Å². The maximum atomic E-state index is 11.6. The quantitative estimate of drug-likeness (QED) is 0.646. The van der Waals surface area contributed by atoms with Crippen molar-refractivity contribution < 1.29 is 4.79 Å². The van der Waals surface area contributed by atoms with Crippen LogP contribution in [0, 0.1) is 0 Å². The molecule has 14 heavy (non-hydrogen) atoms. The van der Waals surface area contributed by atoms with Gasteiger partial charge >= 0.3 is 0 Å². The third kappa shape index (κ3) is 2.85. The fourth-order valence-electron chi connectivity index (χ4n) is 1.18. The second-order valence-corrected chi connectivity index (χ2v) is 3.86. The van der Waals surface area contributed by atoms with Gasteiger partial charge in [-0.25, -0.2) is 0 Å². The second-order valence-electron chi connectivity index (χ2n) is 3.86. The Morgan fingerprint density at radius 3 is 2.93 bits per heavy atom. The number of carbonyl (C=O) groups is 1. The van der Waals surface area contributed by atoms with Crippen LogP contribution in [0.4, 0.5) is 0 Å². The van der Waals surface area contributed by atoms with E-state index in [4.69, 9.17) is 5.73 Å². The molecular weight excluding hydrogens is 180 g/mol. The number of nitrogens with one attached hydrogen (secondary N) is 2. The average Bonchev–Trinajstić information content (AvgIpc) is 2.53. The summed E-state index contributed by atoms with van der Waals surface area (Å²) in [6, 6.07) is 0. The van der Waals surface area contributed by atoms with Crippen molar-refractivity contribution in [1.82, 2.24) is 15.5 Å². The fourth-order valence-corrected chi connectivity index (χ4v) is 1.18. The van der Waals surface area contributed by atoms with E-state index in [1.807, 2.05) is 13.8 Å². The van der Waals surface area contributed by atoms with Crippen LogP contribution in [-0.2, 0) is 0 Å². The zero-order valence-corrected chi connectivity index (χ0v) is 8.50. The van der Waals surface area contributed by atoms with Crippen LogP contribution in [0.1, 0.15) is 30.6 Å². The molecule has 5 nitrogen and oxygen atoms in total. The van der Waals surface area contributed by atoms with Gasteiger partial charge in [0.2, 0.25) is 0 Å². The Hall–Kier alpha value is -1.36. The Morgan fingerprint density at radius 1 is 1.71 bits per heavy atom. The van der Waals surface area contributed by atoms with Crippen LogP contribution in [0.5, 0.6) is 0 Å². The molecule has 1 amide bonds. The Balaban J connectivity index is 2.57. The first-order valence-corrected chi connectivity index (χ1v) is 4.56. The molecule has 4 N–H and O–H groups in total. The minimum absolute atomic E-state index is 0.128. The molecule has 0 aliphatic rings. The molecule has 1 aromatic heterocycles. The Morgan fingerprint density at radius 2 is 2.43 bits per heavy atom. The van der Waals surface area contributed by atoms with Gasteiger partial charge in [-0.2, -0.15) is 5.10 Å². The number of carbonyl (C=O) groups excluding carboxylic acids is 1. The molecule has 78 valence electrons. The van der Waals surface area contributed by atoms with E-state index in [0.717, 1.165) is 6.42 Å². The number of nitrogens with two attached hydrogens (primary N) is 1. The Bertz CT molecular complexity index is 292. The highest BCUT2D eigenvalue weighted by Crippen LogP contribution is 2.08.